The van der Waals surface area contributed by atoms with Crippen LogP contribution in [0.3, 0.4) is 0 Å². The second-order valence-electron chi connectivity index (χ2n) is 6.94. The van der Waals surface area contributed by atoms with Gasteiger partial charge in [0.2, 0.25) is 0 Å². The van der Waals surface area contributed by atoms with Crippen LogP contribution in [-0.2, 0) is 12.0 Å². The summed E-state index contributed by atoms with van der Waals surface area (Å²) in [6.45, 7) is 8.86. The summed E-state index contributed by atoms with van der Waals surface area (Å²) in [4.78, 5) is 0. The third-order valence-electron chi connectivity index (χ3n) is 5.22. The van der Waals surface area contributed by atoms with Gasteiger partial charge in [0.05, 0.1) is 5.54 Å². The van der Waals surface area contributed by atoms with Gasteiger partial charge in [-0.3, -0.25) is 0 Å². The van der Waals surface area contributed by atoms with E-state index in [0.29, 0.717) is 0 Å². The van der Waals surface area contributed by atoms with Crippen LogP contribution in [0.5, 0.6) is 0 Å². The summed E-state index contributed by atoms with van der Waals surface area (Å²) in [6, 6.07) is 17.6. The molecule has 0 fully saturated rings. The average molecular weight is 309 g/mol. The molecule has 1 nitrogen and oxygen atoms in total. The molecule has 2 N–H and O–H groups in total. The normalized spacial score (nSPS) is 15.2. The lowest BCUT2D eigenvalue weighted by atomic mass is 9.81. The molecule has 23 heavy (non-hydrogen) atoms. The van der Waals surface area contributed by atoms with Crippen LogP contribution in [0.25, 0.3) is 0 Å². The van der Waals surface area contributed by atoms with E-state index in [1.807, 2.05) is 0 Å². The first kappa shape index (κ1) is 17.7. The largest absolute Gasteiger partial charge is 0.318 e. The Morgan fingerprint density at radius 1 is 0.913 bits per heavy atom. The molecule has 0 aliphatic rings. The van der Waals surface area contributed by atoms with E-state index in [1.54, 1.807) is 0 Å². The fourth-order valence-electron chi connectivity index (χ4n) is 3.01. The molecule has 0 saturated heterocycles. The lowest BCUT2D eigenvalue weighted by Crippen LogP contribution is -2.37. The minimum absolute atomic E-state index is 0.400. The second kappa shape index (κ2) is 7.79. The van der Waals surface area contributed by atoms with Gasteiger partial charge >= 0.3 is 0 Å². The van der Waals surface area contributed by atoms with E-state index in [0.717, 1.165) is 18.8 Å². The van der Waals surface area contributed by atoms with E-state index in [-0.39, 0.29) is 0 Å². The smallest absolute Gasteiger partial charge is 0.0662 e. The van der Waals surface area contributed by atoms with Crippen LogP contribution in [0, 0.1) is 12.8 Å². The fraction of sp³-hybridized carbons (Fsp3) is 0.455. The highest BCUT2D eigenvalue weighted by atomic mass is 14.7. The Morgan fingerprint density at radius 2 is 1.43 bits per heavy atom. The highest BCUT2D eigenvalue weighted by Gasteiger charge is 2.27. The van der Waals surface area contributed by atoms with Crippen LogP contribution in [0.4, 0.5) is 0 Å². The van der Waals surface area contributed by atoms with Crippen molar-refractivity contribution < 1.29 is 0 Å². The maximum atomic E-state index is 6.78. The molecule has 124 valence electrons. The predicted molar refractivity (Wildman–Crippen MR) is 101 cm³/mol. The first-order valence-corrected chi connectivity index (χ1v) is 8.95. The first-order chi connectivity index (χ1) is 11.0. The predicted octanol–water partition coefficient (Wildman–Crippen LogP) is 5.59. The molecule has 0 aliphatic heterocycles. The molecule has 0 aromatic heterocycles. The Balaban J connectivity index is 2.19. The number of nitrogens with two attached hydrogens (primary N) is 1. The topological polar surface area (TPSA) is 26.0 Å². The van der Waals surface area contributed by atoms with Crippen LogP contribution < -0.4 is 5.73 Å². The van der Waals surface area contributed by atoms with Crippen LogP contribution in [0.2, 0.25) is 0 Å². The number of hydrogen-bond acceptors (Lipinski definition) is 1. The number of aryl methyl sites for hydroxylation is 2. The molecule has 2 rings (SSSR count). The molecule has 0 heterocycles. The van der Waals surface area contributed by atoms with Crippen LogP contribution >= 0.6 is 0 Å². The van der Waals surface area contributed by atoms with Crippen LogP contribution in [0.15, 0.2) is 48.5 Å². The minimum Gasteiger partial charge on any atom is -0.318 e. The van der Waals surface area contributed by atoms with E-state index in [1.165, 1.54) is 35.1 Å². The van der Waals surface area contributed by atoms with Gasteiger partial charge in [0.25, 0.3) is 0 Å². The Morgan fingerprint density at radius 3 is 1.91 bits per heavy atom. The second-order valence-corrected chi connectivity index (χ2v) is 6.94. The number of hydrogen-bond donors (Lipinski definition) is 1. The van der Waals surface area contributed by atoms with Crippen LogP contribution in [0.1, 0.15) is 62.3 Å². The zero-order chi connectivity index (χ0) is 16.9. The minimum atomic E-state index is -0.400. The standard InChI is InChI=1S/C22H31N/c1-5-17(3)7-10-19-11-15-21(16-12-19)22(23,6-2)20-13-8-18(4)9-14-20/h8-9,11-17H,5-7,10,23H2,1-4H3. The summed E-state index contributed by atoms with van der Waals surface area (Å²) < 4.78 is 0. The molecule has 0 amide bonds. The Bertz CT molecular complexity index is 597. The Labute approximate surface area is 141 Å². The van der Waals surface area contributed by atoms with Crippen molar-refractivity contribution in [3.8, 4) is 0 Å². The van der Waals surface area contributed by atoms with Gasteiger partial charge in [-0.1, -0.05) is 81.3 Å². The molecule has 1 heteroatoms. The van der Waals surface area contributed by atoms with Gasteiger partial charge in [-0.2, -0.15) is 0 Å². The zero-order valence-corrected chi connectivity index (χ0v) is 15.1. The van der Waals surface area contributed by atoms with Gasteiger partial charge < -0.3 is 5.73 Å². The summed E-state index contributed by atoms with van der Waals surface area (Å²) in [5.41, 5.74) is 11.5. The molecule has 0 saturated carbocycles. The summed E-state index contributed by atoms with van der Waals surface area (Å²) >= 11 is 0. The lowest BCUT2D eigenvalue weighted by molar-refractivity contribution is 0.513. The summed E-state index contributed by atoms with van der Waals surface area (Å²) in [7, 11) is 0. The van der Waals surface area contributed by atoms with Gasteiger partial charge in [0, 0.05) is 0 Å². The average Bonchev–Trinajstić information content (AvgIpc) is 2.60. The van der Waals surface area contributed by atoms with Crippen molar-refractivity contribution in [2.24, 2.45) is 11.7 Å². The summed E-state index contributed by atoms with van der Waals surface area (Å²) in [6.07, 6.45) is 4.56. The van der Waals surface area contributed by atoms with Crippen molar-refractivity contribution in [1.29, 1.82) is 0 Å². The Kier molecular flexibility index (Phi) is 6.01. The monoisotopic (exact) mass is 309 g/mol. The zero-order valence-electron chi connectivity index (χ0n) is 15.1. The molecular formula is C22H31N. The quantitative estimate of drug-likeness (QED) is 0.709. The van der Waals surface area contributed by atoms with E-state index < -0.39 is 5.54 Å². The van der Waals surface area contributed by atoms with Gasteiger partial charge in [-0.05, 0) is 48.8 Å². The van der Waals surface area contributed by atoms with Gasteiger partial charge in [0.1, 0.15) is 0 Å². The van der Waals surface area contributed by atoms with E-state index in [2.05, 4.69) is 76.2 Å². The maximum Gasteiger partial charge on any atom is 0.0662 e. The highest BCUT2D eigenvalue weighted by molar-refractivity contribution is 5.39. The van der Waals surface area contributed by atoms with Crippen molar-refractivity contribution in [2.45, 2.75) is 58.9 Å². The van der Waals surface area contributed by atoms with Crippen molar-refractivity contribution in [1.82, 2.24) is 0 Å². The number of benzene rings is 2. The molecule has 2 aromatic rings. The highest BCUT2D eigenvalue weighted by Crippen LogP contribution is 2.31. The van der Waals surface area contributed by atoms with Crippen molar-refractivity contribution in [2.75, 3.05) is 0 Å². The molecule has 2 atom stereocenters. The maximum absolute atomic E-state index is 6.78. The summed E-state index contributed by atoms with van der Waals surface area (Å²) in [5.74, 6) is 0.798. The van der Waals surface area contributed by atoms with Gasteiger partial charge in [-0.15, -0.1) is 0 Å². The Hall–Kier alpha value is -1.60. The van der Waals surface area contributed by atoms with E-state index >= 15 is 0 Å². The van der Waals surface area contributed by atoms with Gasteiger partial charge in [0.15, 0.2) is 0 Å². The van der Waals surface area contributed by atoms with Crippen molar-refractivity contribution >= 4 is 0 Å². The molecule has 0 aliphatic carbocycles. The van der Waals surface area contributed by atoms with E-state index in [9.17, 15) is 0 Å². The third kappa shape index (κ3) is 4.23. The SMILES string of the molecule is CCC(C)CCc1ccc(C(N)(CC)c2ccc(C)cc2)cc1. The molecule has 0 radical (unpaired) electrons. The molecule has 2 aromatic carbocycles. The van der Waals surface area contributed by atoms with Crippen molar-refractivity contribution in [3.05, 3.63) is 70.8 Å². The fourth-order valence-corrected chi connectivity index (χ4v) is 3.01. The van der Waals surface area contributed by atoms with E-state index in [4.69, 9.17) is 5.73 Å². The van der Waals surface area contributed by atoms with Crippen molar-refractivity contribution in [3.63, 3.8) is 0 Å². The lowest BCUT2D eigenvalue weighted by Gasteiger charge is -2.30. The summed E-state index contributed by atoms with van der Waals surface area (Å²) in [5, 5.41) is 0. The molecule has 0 spiro atoms. The molecule has 0 bridgehead atoms. The van der Waals surface area contributed by atoms with Crippen LogP contribution in [-0.4, -0.2) is 0 Å². The molecular weight excluding hydrogens is 278 g/mol. The first-order valence-electron chi connectivity index (χ1n) is 8.95. The number of rotatable bonds is 7. The third-order valence-corrected chi connectivity index (χ3v) is 5.22. The molecule has 2 unspecified atom stereocenters. The van der Waals surface area contributed by atoms with Gasteiger partial charge in [-0.25, -0.2) is 0 Å².